The molecular weight excluding hydrogens is 347 g/mol. The second-order valence-corrected chi connectivity index (χ2v) is 7.37. The first-order valence-corrected chi connectivity index (χ1v) is 10.1. The first-order valence-electron chi connectivity index (χ1n) is 10.1. The second-order valence-electron chi connectivity index (χ2n) is 7.37. The molecule has 1 aromatic carbocycles. The van der Waals surface area contributed by atoms with E-state index in [2.05, 4.69) is 17.1 Å². The number of aliphatic hydroxyl groups excluding tert-OH is 1. The van der Waals surface area contributed by atoms with E-state index in [0.29, 0.717) is 18.8 Å². The van der Waals surface area contributed by atoms with Gasteiger partial charge < -0.3 is 15.2 Å². The second kappa shape index (κ2) is 11.9. The van der Waals surface area contributed by atoms with E-state index in [0.717, 1.165) is 38.8 Å². The zero-order chi connectivity index (χ0) is 19.5. The van der Waals surface area contributed by atoms with Gasteiger partial charge in [-0.3, -0.25) is 9.69 Å². The smallest absolute Gasteiger partial charge is 0.224 e. The number of carbonyl (C=O) groups excluding carboxylic acids is 1. The van der Waals surface area contributed by atoms with Gasteiger partial charge in [-0.15, -0.1) is 0 Å². The zero-order valence-electron chi connectivity index (χ0n) is 16.3. The lowest BCUT2D eigenvalue weighted by molar-refractivity contribution is -0.126. The Hall–Kier alpha value is -1.66. The van der Waals surface area contributed by atoms with Crippen LogP contribution in [0.3, 0.4) is 0 Å². The van der Waals surface area contributed by atoms with Gasteiger partial charge in [0.05, 0.1) is 5.92 Å². The van der Waals surface area contributed by atoms with E-state index in [4.69, 9.17) is 4.74 Å². The quantitative estimate of drug-likeness (QED) is 0.580. The molecule has 1 heterocycles. The minimum atomic E-state index is -0.647. The Morgan fingerprint density at radius 3 is 2.85 bits per heavy atom. The Morgan fingerprint density at radius 1 is 1.33 bits per heavy atom. The first-order chi connectivity index (χ1) is 13.1. The van der Waals surface area contributed by atoms with Gasteiger partial charge in [0.25, 0.3) is 0 Å². The van der Waals surface area contributed by atoms with Gasteiger partial charge >= 0.3 is 0 Å². The molecule has 0 aromatic heterocycles. The third-order valence-corrected chi connectivity index (χ3v) is 4.93. The number of likely N-dealkylation sites (tertiary alicyclic amines) is 1. The molecule has 0 radical (unpaired) electrons. The maximum Gasteiger partial charge on any atom is 0.224 e. The Bertz CT molecular complexity index is 553. The lowest BCUT2D eigenvalue weighted by atomic mass is 9.97. The molecule has 2 N–H and O–H groups in total. The van der Waals surface area contributed by atoms with Crippen molar-refractivity contribution < 1.29 is 19.0 Å². The molecule has 1 fully saturated rings. The molecule has 0 bridgehead atoms. The Labute approximate surface area is 161 Å². The summed E-state index contributed by atoms with van der Waals surface area (Å²) in [6.07, 6.45) is 5.82. The number of aliphatic hydroxyl groups is 1. The molecule has 0 saturated carbocycles. The van der Waals surface area contributed by atoms with Gasteiger partial charge in [0.15, 0.2) is 0 Å². The normalized spacial score (nSPS) is 18.9. The summed E-state index contributed by atoms with van der Waals surface area (Å²) in [7, 11) is 0. The summed E-state index contributed by atoms with van der Waals surface area (Å²) in [5.41, 5.74) is 0. The lowest BCUT2D eigenvalue weighted by Gasteiger charge is -2.33. The highest BCUT2D eigenvalue weighted by Gasteiger charge is 2.26. The van der Waals surface area contributed by atoms with E-state index < -0.39 is 6.10 Å². The van der Waals surface area contributed by atoms with Crippen molar-refractivity contribution >= 4 is 5.91 Å². The van der Waals surface area contributed by atoms with Crippen LogP contribution >= 0.6 is 0 Å². The molecule has 0 spiro atoms. The third kappa shape index (κ3) is 8.26. The number of nitrogens with zero attached hydrogens (tertiary/aromatic N) is 1. The standard InChI is InChI=1S/C21H33FN2O3/c1-2-3-4-5-12-23-21(26)17-7-6-13-24(14-17)15-19(25)16-27-20-10-8-18(22)9-11-20/h8-11,17,19,25H,2-7,12-16H2,1H3,(H,23,26). The number of hydrogen-bond donors (Lipinski definition) is 2. The number of hydrogen-bond acceptors (Lipinski definition) is 4. The highest BCUT2D eigenvalue weighted by atomic mass is 19.1. The highest BCUT2D eigenvalue weighted by Crippen LogP contribution is 2.17. The predicted molar refractivity (Wildman–Crippen MR) is 104 cm³/mol. The molecule has 1 aromatic rings. The van der Waals surface area contributed by atoms with Crippen LogP contribution in [0.2, 0.25) is 0 Å². The van der Waals surface area contributed by atoms with Gasteiger partial charge in [0.1, 0.15) is 24.3 Å². The summed E-state index contributed by atoms with van der Waals surface area (Å²) >= 11 is 0. The van der Waals surface area contributed by atoms with Crippen LogP contribution in [0.1, 0.15) is 45.4 Å². The van der Waals surface area contributed by atoms with Gasteiger partial charge in [0, 0.05) is 19.6 Å². The number of rotatable bonds is 11. The van der Waals surface area contributed by atoms with Gasteiger partial charge in [-0.25, -0.2) is 4.39 Å². The minimum absolute atomic E-state index is 0.00450. The number of nitrogens with one attached hydrogen (secondary N) is 1. The topological polar surface area (TPSA) is 61.8 Å². The van der Waals surface area contributed by atoms with Gasteiger partial charge in [-0.05, 0) is 50.1 Å². The van der Waals surface area contributed by atoms with Crippen LogP contribution in [-0.2, 0) is 4.79 Å². The van der Waals surface area contributed by atoms with Crippen LogP contribution in [-0.4, -0.2) is 54.8 Å². The van der Waals surface area contributed by atoms with Crippen LogP contribution in [0.5, 0.6) is 5.75 Å². The fraction of sp³-hybridized carbons (Fsp3) is 0.667. The van der Waals surface area contributed by atoms with Gasteiger partial charge in [-0.1, -0.05) is 26.2 Å². The fourth-order valence-corrected chi connectivity index (χ4v) is 3.42. The van der Waals surface area contributed by atoms with Crippen molar-refractivity contribution in [3.63, 3.8) is 0 Å². The molecule has 2 rings (SSSR count). The molecule has 1 amide bonds. The fourth-order valence-electron chi connectivity index (χ4n) is 3.42. The van der Waals surface area contributed by atoms with E-state index in [1.165, 1.54) is 25.0 Å². The molecule has 2 atom stereocenters. The number of unbranched alkanes of at least 4 members (excludes halogenated alkanes) is 3. The van der Waals surface area contributed by atoms with E-state index in [1.54, 1.807) is 12.1 Å². The Morgan fingerprint density at radius 2 is 2.11 bits per heavy atom. The first kappa shape index (κ1) is 21.6. The molecule has 1 saturated heterocycles. The van der Waals surface area contributed by atoms with E-state index in [1.807, 2.05) is 0 Å². The van der Waals surface area contributed by atoms with Crippen LogP contribution in [0.4, 0.5) is 4.39 Å². The molecule has 152 valence electrons. The monoisotopic (exact) mass is 380 g/mol. The van der Waals surface area contributed by atoms with Crippen molar-refractivity contribution in [2.45, 2.75) is 51.6 Å². The van der Waals surface area contributed by atoms with Crippen molar-refractivity contribution in [1.82, 2.24) is 10.2 Å². The summed E-state index contributed by atoms with van der Waals surface area (Å²) in [5.74, 6) is 0.351. The van der Waals surface area contributed by atoms with Crippen molar-refractivity contribution in [2.75, 3.05) is 32.8 Å². The van der Waals surface area contributed by atoms with E-state index >= 15 is 0 Å². The van der Waals surface area contributed by atoms with Crippen molar-refractivity contribution in [3.05, 3.63) is 30.1 Å². The average Bonchev–Trinajstić information content (AvgIpc) is 2.67. The molecular formula is C21H33FN2O3. The molecule has 0 aliphatic carbocycles. The van der Waals surface area contributed by atoms with Gasteiger partial charge in [-0.2, -0.15) is 0 Å². The van der Waals surface area contributed by atoms with Crippen molar-refractivity contribution in [1.29, 1.82) is 0 Å². The lowest BCUT2D eigenvalue weighted by Crippen LogP contribution is -2.46. The number of benzene rings is 1. The average molecular weight is 381 g/mol. The number of piperidine rings is 1. The summed E-state index contributed by atoms with van der Waals surface area (Å²) in [6.45, 7) is 5.11. The van der Waals surface area contributed by atoms with E-state index in [9.17, 15) is 14.3 Å². The minimum Gasteiger partial charge on any atom is -0.491 e. The molecule has 6 heteroatoms. The van der Waals surface area contributed by atoms with Crippen molar-refractivity contribution in [2.24, 2.45) is 5.92 Å². The maximum atomic E-state index is 12.9. The van der Waals surface area contributed by atoms with E-state index in [-0.39, 0.29) is 24.2 Å². The van der Waals surface area contributed by atoms with Crippen LogP contribution in [0.15, 0.2) is 24.3 Å². The summed E-state index contributed by atoms with van der Waals surface area (Å²) in [5, 5.41) is 13.3. The van der Waals surface area contributed by atoms with Crippen molar-refractivity contribution in [3.8, 4) is 5.75 Å². The third-order valence-electron chi connectivity index (χ3n) is 4.93. The molecule has 27 heavy (non-hydrogen) atoms. The molecule has 1 aliphatic heterocycles. The number of carbonyl (C=O) groups is 1. The SMILES string of the molecule is CCCCCCNC(=O)C1CCCN(CC(O)COc2ccc(F)cc2)C1. The predicted octanol–water partition coefficient (Wildman–Crippen LogP) is 2.97. The maximum absolute atomic E-state index is 12.9. The number of ether oxygens (including phenoxy) is 1. The van der Waals surface area contributed by atoms with Gasteiger partial charge in [0.2, 0.25) is 5.91 Å². The molecule has 5 nitrogen and oxygen atoms in total. The highest BCUT2D eigenvalue weighted by molar-refractivity contribution is 5.78. The molecule has 2 unspecified atom stereocenters. The Kier molecular flexibility index (Phi) is 9.56. The number of halogens is 1. The van der Waals surface area contributed by atoms with Crippen LogP contribution < -0.4 is 10.1 Å². The summed E-state index contributed by atoms with van der Waals surface area (Å²) in [4.78, 5) is 14.5. The summed E-state index contributed by atoms with van der Waals surface area (Å²) in [6, 6.07) is 5.75. The van der Waals surface area contributed by atoms with Crippen LogP contribution in [0, 0.1) is 11.7 Å². The van der Waals surface area contributed by atoms with Crippen LogP contribution in [0.25, 0.3) is 0 Å². The summed E-state index contributed by atoms with van der Waals surface area (Å²) < 4.78 is 18.4. The number of β-amino-alcohol motifs (C(OH)–C–C–N with tert-alkyl or cyclic N) is 1. The zero-order valence-corrected chi connectivity index (χ0v) is 16.3. The Balaban J connectivity index is 1.67. The molecule has 1 aliphatic rings. The number of amides is 1. The largest absolute Gasteiger partial charge is 0.491 e.